The van der Waals surface area contributed by atoms with Crippen molar-refractivity contribution in [2.45, 2.75) is 32.6 Å². The Morgan fingerprint density at radius 3 is 1.95 bits per heavy atom. The van der Waals surface area contributed by atoms with Crippen LogP contribution in [0.4, 0.5) is 11.4 Å². The molecule has 1 aliphatic rings. The zero-order valence-corrected chi connectivity index (χ0v) is 22.6. The number of amides is 3. The van der Waals surface area contributed by atoms with Crippen LogP contribution in [-0.4, -0.2) is 40.6 Å². The van der Waals surface area contributed by atoms with E-state index >= 15 is 0 Å². The second-order valence-electron chi connectivity index (χ2n) is 10.9. The molecule has 0 aliphatic carbocycles. The van der Waals surface area contributed by atoms with Crippen LogP contribution in [-0.2, 0) is 5.41 Å². The lowest BCUT2D eigenvalue weighted by atomic mass is 9.87. The Labute approximate surface area is 232 Å². The average molecular weight is 536 g/mol. The summed E-state index contributed by atoms with van der Waals surface area (Å²) in [5, 5.41) is 12.6. The molecule has 0 saturated carbocycles. The van der Waals surface area contributed by atoms with Crippen LogP contribution < -0.4 is 4.90 Å². The van der Waals surface area contributed by atoms with Crippen LogP contribution in [0.25, 0.3) is 10.8 Å². The van der Waals surface area contributed by atoms with Crippen molar-refractivity contribution in [1.29, 1.82) is 0 Å². The summed E-state index contributed by atoms with van der Waals surface area (Å²) in [6.07, 6.45) is 0.343. The Morgan fingerprint density at radius 2 is 1.43 bits per heavy atom. The molecule has 4 aromatic carbocycles. The van der Waals surface area contributed by atoms with E-state index in [2.05, 4.69) is 20.8 Å². The number of nitro benzene ring substituents is 1. The number of nitrogens with zero attached hydrogens (tertiary/aromatic N) is 3. The van der Waals surface area contributed by atoms with E-state index in [4.69, 9.17) is 0 Å². The maximum absolute atomic E-state index is 13.6. The third kappa shape index (κ3) is 4.96. The lowest BCUT2D eigenvalue weighted by molar-refractivity contribution is -0.384. The number of anilines is 1. The first-order chi connectivity index (χ1) is 19.1. The van der Waals surface area contributed by atoms with Crippen molar-refractivity contribution in [3.05, 3.63) is 117 Å². The van der Waals surface area contributed by atoms with Gasteiger partial charge in [0.15, 0.2) is 0 Å². The van der Waals surface area contributed by atoms with Crippen molar-refractivity contribution in [3.8, 4) is 0 Å². The average Bonchev–Trinajstić information content (AvgIpc) is 2.95. The number of hydrogen-bond acceptors (Lipinski definition) is 5. The Hall–Kier alpha value is -4.85. The number of carbonyl (C=O) groups excluding carboxylic acids is 3. The van der Waals surface area contributed by atoms with Crippen LogP contribution >= 0.6 is 0 Å². The molecule has 5 rings (SSSR count). The lowest BCUT2D eigenvalue weighted by Crippen LogP contribution is -2.42. The molecule has 40 heavy (non-hydrogen) atoms. The highest BCUT2D eigenvalue weighted by atomic mass is 16.6. The number of non-ortho nitro benzene ring substituents is 1. The molecule has 0 fully saturated rings. The van der Waals surface area contributed by atoms with Crippen molar-refractivity contribution in [2.75, 3.05) is 18.0 Å². The number of imide groups is 1. The van der Waals surface area contributed by atoms with Gasteiger partial charge in [-0.15, -0.1) is 0 Å². The van der Waals surface area contributed by atoms with Crippen LogP contribution in [0.2, 0.25) is 0 Å². The van der Waals surface area contributed by atoms with Crippen molar-refractivity contribution in [2.24, 2.45) is 0 Å². The maximum Gasteiger partial charge on any atom is 0.269 e. The zero-order valence-electron chi connectivity index (χ0n) is 22.6. The predicted molar refractivity (Wildman–Crippen MR) is 154 cm³/mol. The van der Waals surface area contributed by atoms with Gasteiger partial charge < -0.3 is 4.90 Å². The van der Waals surface area contributed by atoms with E-state index < -0.39 is 4.92 Å². The fourth-order valence-corrected chi connectivity index (χ4v) is 5.04. The molecular formula is C32H29N3O5. The third-order valence-electron chi connectivity index (χ3n) is 7.23. The van der Waals surface area contributed by atoms with Gasteiger partial charge in [0.25, 0.3) is 23.4 Å². The summed E-state index contributed by atoms with van der Waals surface area (Å²) in [6.45, 7) is 6.67. The van der Waals surface area contributed by atoms with Crippen molar-refractivity contribution < 1.29 is 19.3 Å². The molecule has 1 aliphatic heterocycles. The first-order valence-electron chi connectivity index (χ1n) is 13.1. The van der Waals surface area contributed by atoms with Crippen LogP contribution in [0.3, 0.4) is 0 Å². The molecule has 0 bridgehead atoms. The number of rotatable bonds is 7. The van der Waals surface area contributed by atoms with Gasteiger partial charge in [0.05, 0.1) is 4.92 Å². The summed E-state index contributed by atoms with van der Waals surface area (Å²) in [5.74, 6) is -1.03. The molecule has 0 atom stereocenters. The number of hydrogen-bond donors (Lipinski definition) is 0. The van der Waals surface area contributed by atoms with Crippen molar-refractivity contribution in [1.82, 2.24) is 4.90 Å². The standard InChI is InChI=1S/C32H29N3O5/c1-32(2,3)23-13-17-24(18-14-23)33(29(36)22-11-15-25(16-12-22)35(39)40)19-6-20-34-30(37)26-9-4-7-21-8-5-10-27(28(21)26)31(34)38/h4-5,7-18H,6,19-20H2,1-3H3. The fourth-order valence-electron chi connectivity index (χ4n) is 5.04. The second-order valence-corrected chi connectivity index (χ2v) is 10.9. The monoisotopic (exact) mass is 535 g/mol. The Morgan fingerprint density at radius 1 is 0.850 bits per heavy atom. The summed E-state index contributed by atoms with van der Waals surface area (Å²) in [5.41, 5.74) is 2.87. The molecular weight excluding hydrogens is 506 g/mol. The Bertz CT molecular complexity index is 1590. The molecule has 8 nitrogen and oxygen atoms in total. The van der Waals surface area contributed by atoms with Crippen molar-refractivity contribution >= 4 is 39.9 Å². The van der Waals surface area contributed by atoms with Gasteiger partial charge in [-0.25, -0.2) is 0 Å². The third-order valence-corrected chi connectivity index (χ3v) is 7.23. The van der Waals surface area contributed by atoms with Gasteiger partial charge in [-0.2, -0.15) is 0 Å². The van der Waals surface area contributed by atoms with E-state index in [1.807, 2.05) is 36.4 Å². The smallest absolute Gasteiger partial charge is 0.269 e. The molecule has 0 radical (unpaired) electrons. The van der Waals surface area contributed by atoms with Gasteiger partial charge in [0.2, 0.25) is 0 Å². The number of benzene rings is 4. The zero-order chi connectivity index (χ0) is 28.6. The van der Waals surface area contributed by atoms with Crippen LogP contribution in [0.5, 0.6) is 0 Å². The first-order valence-corrected chi connectivity index (χ1v) is 13.1. The molecule has 0 N–H and O–H groups in total. The highest BCUT2D eigenvalue weighted by Crippen LogP contribution is 2.31. The molecule has 0 saturated heterocycles. The molecule has 0 spiro atoms. The maximum atomic E-state index is 13.6. The van der Waals surface area contributed by atoms with Crippen LogP contribution in [0, 0.1) is 10.1 Å². The van der Waals surface area contributed by atoms with Gasteiger partial charge in [0.1, 0.15) is 0 Å². The quantitative estimate of drug-likeness (QED) is 0.155. The van der Waals surface area contributed by atoms with Crippen LogP contribution in [0.15, 0.2) is 84.9 Å². The Balaban J connectivity index is 1.40. The van der Waals surface area contributed by atoms with Gasteiger partial charge in [0, 0.05) is 53.0 Å². The molecule has 0 aromatic heterocycles. The minimum atomic E-state index is -0.511. The summed E-state index contributed by atoms with van der Waals surface area (Å²) < 4.78 is 0. The minimum absolute atomic E-state index is 0.0696. The highest BCUT2D eigenvalue weighted by Gasteiger charge is 2.32. The van der Waals surface area contributed by atoms with Gasteiger partial charge in [-0.1, -0.05) is 57.2 Å². The Kier molecular flexibility index (Phi) is 6.94. The summed E-state index contributed by atoms with van der Waals surface area (Å²) >= 11 is 0. The largest absolute Gasteiger partial charge is 0.308 e. The van der Waals surface area contributed by atoms with E-state index in [1.165, 1.54) is 29.2 Å². The fraction of sp³-hybridized carbons (Fsp3) is 0.219. The highest BCUT2D eigenvalue weighted by molar-refractivity contribution is 6.25. The number of nitro groups is 1. The second kappa shape index (κ2) is 10.4. The lowest BCUT2D eigenvalue weighted by Gasteiger charge is -2.29. The van der Waals surface area contributed by atoms with E-state index in [1.54, 1.807) is 29.2 Å². The first kappa shape index (κ1) is 26.7. The van der Waals surface area contributed by atoms with Crippen molar-refractivity contribution in [3.63, 3.8) is 0 Å². The molecule has 1 heterocycles. The molecule has 202 valence electrons. The van der Waals surface area contributed by atoms with Gasteiger partial charge >= 0.3 is 0 Å². The SMILES string of the molecule is CC(C)(C)c1ccc(N(CCCN2C(=O)c3cccc4cccc(c34)C2=O)C(=O)c2ccc([N+](=O)[O-])cc2)cc1. The number of carbonyl (C=O) groups is 3. The summed E-state index contributed by atoms with van der Waals surface area (Å²) in [6, 6.07) is 24.0. The molecule has 4 aromatic rings. The molecule has 3 amide bonds. The van der Waals surface area contributed by atoms with E-state index in [9.17, 15) is 24.5 Å². The molecule has 0 unspecified atom stereocenters. The van der Waals surface area contributed by atoms with E-state index in [0.717, 1.165) is 10.9 Å². The minimum Gasteiger partial charge on any atom is -0.308 e. The summed E-state index contributed by atoms with van der Waals surface area (Å²) in [7, 11) is 0. The van der Waals surface area contributed by atoms with Gasteiger partial charge in [-0.3, -0.25) is 29.4 Å². The topological polar surface area (TPSA) is 101 Å². The van der Waals surface area contributed by atoms with Crippen LogP contribution in [0.1, 0.15) is 63.8 Å². The molecule has 8 heteroatoms. The van der Waals surface area contributed by atoms with E-state index in [-0.39, 0.29) is 41.9 Å². The van der Waals surface area contributed by atoms with E-state index in [0.29, 0.717) is 34.2 Å². The predicted octanol–water partition coefficient (Wildman–Crippen LogP) is 6.38. The summed E-state index contributed by atoms with van der Waals surface area (Å²) in [4.78, 5) is 53.6. The van der Waals surface area contributed by atoms with Gasteiger partial charge in [-0.05, 0) is 59.2 Å². The normalized spacial score (nSPS) is 13.0.